The molecule has 0 bridgehead atoms. The predicted octanol–water partition coefficient (Wildman–Crippen LogP) is 2.64. The first-order valence-electron chi connectivity index (χ1n) is 17.0. The molecule has 2 rings (SSSR count). The summed E-state index contributed by atoms with van der Waals surface area (Å²) in [5, 5.41) is 56.9. The van der Waals surface area contributed by atoms with E-state index in [1.807, 2.05) is 12.2 Å². The summed E-state index contributed by atoms with van der Waals surface area (Å²) in [6.07, 6.45) is 11.2. The van der Waals surface area contributed by atoms with E-state index in [0.29, 0.717) is 0 Å². The lowest BCUT2D eigenvalue weighted by Crippen LogP contribution is -2.43. The first-order valence-corrected chi connectivity index (χ1v) is 17.0. The molecule has 46 heavy (non-hydrogen) atoms. The Hall–Kier alpha value is -1.90. The summed E-state index contributed by atoms with van der Waals surface area (Å²) in [5.41, 5.74) is 0. The van der Waals surface area contributed by atoms with Gasteiger partial charge in [-0.1, -0.05) is 63.5 Å². The molecule has 12 heteroatoms. The van der Waals surface area contributed by atoms with Crippen molar-refractivity contribution in [3.05, 3.63) is 25.3 Å². The van der Waals surface area contributed by atoms with Gasteiger partial charge in [-0.3, -0.25) is 9.59 Å². The number of aliphatic hydroxyl groups excluding tert-OH is 6. The van der Waals surface area contributed by atoms with Crippen molar-refractivity contribution in [2.75, 3.05) is 26.4 Å². The Labute approximate surface area is 274 Å². The van der Waals surface area contributed by atoms with Crippen LogP contribution in [0.25, 0.3) is 0 Å². The first kappa shape index (κ1) is 42.1. The molecule has 0 saturated carbocycles. The number of carbonyl (C=O) groups excluding carboxylic acids is 2. The van der Waals surface area contributed by atoms with Gasteiger partial charge >= 0.3 is 11.9 Å². The maximum atomic E-state index is 11.8. The second-order valence-corrected chi connectivity index (χ2v) is 12.0. The van der Waals surface area contributed by atoms with E-state index in [-0.39, 0.29) is 26.1 Å². The number of hydrogen-bond acceptors (Lipinski definition) is 12. The average molecular weight is 661 g/mol. The van der Waals surface area contributed by atoms with Crippen LogP contribution >= 0.6 is 0 Å². The Morgan fingerprint density at radius 1 is 0.609 bits per heavy atom. The van der Waals surface area contributed by atoms with Crippen LogP contribution in [-0.2, 0) is 28.5 Å². The van der Waals surface area contributed by atoms with E-state index in [1.54, 1.807) is 0 Å². The van der Waals surface area contributed by atoms with Gasteiger partial charge in [0.05, 0.1) is 26.4 Å². The standard InChI is InChI=1S/2C17H30O6/c2*1-2-3-4-5-6-7-8-9-10-15(20)23-14(11-18)17-16(21)13(19)12-22-17/h2*2,13-14,16-19,21H,1,3-12H2/t2*13-,14+,16+,17+/m00/s1. The van der Waals surface area contributed by atoms with E-state index in [1.165, 1.54) is 25.7 Å². The van der Waals surface area contributed by atoms with Crippen LogP contribution in [0, 0.1) is 0 Å². The summed E-state index contributed by atoms with van der Waals surface area (Å²) >= 11 is 0. The summed E-state index contributed by atoms with van der Waals surface area (Å²) in [6, 6.07) is 0. The highest BCUT2D eigenvalue weighted by atomic mass is 16.6. The summed E-state index contributed by atoms with van der Waals surface area (Å²) in [4.78, 5) is 23.6. The fourth-order valence-corrected chi connectivity index (χ4v) is 5.31. The van der Waals surface area contributed by atoms with Gasteiger partial charge in [0, 0.05) is 12.8 Å². The zero-order chi connectivity index (χ0) is 34.2. The van der Waals surface area contributed by atoms with Crippen molar-refractivity contribution < 1.29 is 59.2 Å². The lowest BCUT2D eigenvalue weighted by Gasteiger charge is -2.24. The number of unbranched alkanes of at least 4 members (excludes halogenated alkanes) is 12. The molecule has 0 aromatic carbocycles. The molecular weight excluding hydrogens is 600 g/mol. The lowest BCUT2D eigenvalue weighted by atomic mass is 10.1. The van der Waals surface area contributed by atoms with Crippen LogP contribution in [0.4, 0.5) is 0 Å². The van der Waals surface area contributed by atoms with Gasteiger partial charge in [0.15, 0.2) is 12.2 Å². The SMILES string of the molecule is C=CCCCCCCCCC(=O)O[C@H](CO)[C@H]1OC[C@H](O)[C@H]1O.C=CCCCCCCCCC(=O)O[C@H](CO)[C@H]1OC[C@H](O)[C@H]1O. The molecule has 2 aliphatic rings. The zero-order valence-electron chi connectivity index (χ0n) is 27.5. The van der Waals surface area contributed by atoms with Crippen molar-refractivity contribution >= 4 is 11.9 Å². The molecule has 2 heterocycles. The van der Waals surface area contributed by atoms with E-state index < -0.39 is 74.0 Å². The molecule has 2 aliphatic heterocycles. The maximum Gasteiger partial charge on any atom is 0.306 e. The van der Waals surface area contributed by atoms with Gasteiger partial charge in [-0.15, -0.1) is 13.2 Å². The molecular formula is C34H60O12. The molecule has 0 spiro atoms. The minimum absolute atomic E-state index is 0.0221. The van der Waals surface area contributed by atoms with Crippen LogP contribution in [-0.4, -0.2) is 118 Å². The third kappa shape index (κ3) is 17.3. The van der Waals surface area contributed by atoms with Crippen molar-refractivity contribution in [3.8, 4) is 0 Å². The largest absolute Gasteiger partial charge is 0.457 e. The molecule has 2 saturated heterocycles. The highest BCUT2D eigenvalue weighted by Gasteiger charge is 2.42. The van der Waals surface area contributed by atoms with Crippen molar-refractivity contribution in [1.82, 2.24) is 0 Å². The molecule has 6 N–H and O–H groups in total. The van der Waals surface area contributed by atoms with Gasteiger partial charge in [-0.05, 0) is 38.5 Å². The smallest absolute Gasteiger partial charge is 0.306 e. The third-order valence-corrected chi connectivity index (χ3v) is 8.12. The van der Waals surface area contributed by atoms with Crippen LogP contribution in [0.5, 0.6) is 0 Å². The van der Waals surface area contributed by atoms with E-state index in [0.717, 1.165) is 64.2 Å². The van der Waals surface area contributed by atoms with E-state index in [9.17, 15) is 40.2 Å². The number of aliphatic hydroxyl groups is 6. The number of hydrogen-bond donors (Lipinski definition) is 6. The Morgan fingerprint density at radius 2 is 0.935 bits per heavy atom. The van der Waals surface area contributed by atoms with Crippen LogP contribution in [0.15, 0.2) is 25.3 Å². The predicted molar refractivity (Wildman–Crippen MR) is 172 cm³/mol. The van der Waals surface area contributed by atoms with Crippen LogP contribution in [0.3, 0.4) is 0 Å². The van der Waals surface area contributed by atoms with Gasteiger partial charge in [0.2, 0.25) is 0 Å². The number of ether oxygens (including phenoxy) is 4. The van der Waals surface area contributed by atoms with Crippen molar-refractivity contribution in [2.45, 2.75) is 152 Å². The molecule has 0 aliphatic carbocycles. The average Bonchev–Trinajstić information content (AvgIpc) is 3.56. The summed E-state index contributed by atoms with van der Waals surface area (Å²) in [5.74, 6) is -0.819. The van der Waals surface area contributed by atoms with Gasteiger partial charge < -0.3 is 49.6 Å². The lowest BCUT2D eigenvalue weighted by molar-refractivity contribution is -0.163. The minimum atomic E-state index is -1.14. The van der Waals surface area contributed by atoms with Crippen molar-refractivity contribution in [2.24, 2.45) is 0 Å². The Morgan fingerprint density at radius 3 is 1.22 bits per heavy atom. The Bertz CT molecular complexity index is 758. The molecule has 12 nitrogen and oxygen atoms in total. The van der Waals surface area contributed by atoms with Crippen molar-refractivity contribution in [1.29, 1.82) is 0 Å². The fourth-order valence-electron chi connectivity index (χ4n) is 5.31. The van der Waals surface area contributed by atoms with Crippen LogP contribution in [0.2, 0.25) is 0 Å². The van der Waals surface area contributed by atoms with E-state index in [4.69, 9.17) is 18.9 Å². The molecule has 268 valence electrons. The van der Waals surface area contributed by atoms with E-state index >= 15 is 0 Å². The molecule has 0 aromatic heterocycles. The van der Waals surface area contributed by atoms with Gasteiger partial charge in [0.1, 0.15) is 36.6 Å². The molecule has 0 radical (unpaired) electrons. The second-order valence-electron chi connectivity index (χ2n) is 12.0. The van der Waals surface area contributed by atoms with Crippen molar-refractivity contribution in [3.63, 3.8) is 0 Å². The van der Waals surface area contributed by atoms with Gasteiger partial charge in [0.25, 0.3) is 0 Å². The molecule has 0 aromatic rings. The fraction of sp³-hybridized carbons (Fsp3) is 0.824. The quantitative estimate of drug-likeness (QED) is 0.0505. The monoisotopic (exact) mass is 660 g/mol. The molecule has 8 atom stereocenters. The first-order chi connectivity index (χ1) is 22.2. The molecule has 0 unspecified atom stereocenters. The zero-order valence-corrected chi connectivity index (χ0v) is 27.5. The number of carbonyl (C=O) groups is 2. The van der Waals surface area contributed by atoms with Gasteiger partial charge in [-0.25, -0.2) is 0 Å². The minimum Gasteiger partial charge on any atom is -0.457 e. The normalized spacial score (nSPS) is 25.3. The summed E-state index contributed by atoms with van der Waals surface area (Å²) < 4.78 is 20.7. The Kier molecular flexibility index (Phi) is 23.9. The Balaban J connectivity index is 0.000000460. The molecule has 0 amide bonds. The van der Waals surface area contributed by atoms with Crippen LogP contribution in [0.1, 0.15) is 103 Å². The summed E-state index contributed by atoms with van der Waals surface area (Å²) in [6.45, 7) is 6.45. The van der Waals surface area contributed by atoms with E-state index in [2.05, 4.69) is 13.2 Å². The third-order valence-electron chi connectivity index (χ3n) is 8.12. The highest BCUT2D eigenvalue weighted by Crippen LogP contribution is 2.21. The number of allylic oxidation sites excluding steroid dienone is 2. The highest BCUT2D eigenvalue weighted by molar-refractivity contribution is 5.70. The molecule has 2 fully saturated rings. The maximum absolute atomic E-state index is 11.8. The second kappa shape index (κ2) is 26.1. The number of rotatable bonds is 24. The number of esters is 2. The topological polar surface area (TPSA) is 192 Å². The summed E-state index contributed by atoms with van der Waals surface area (Å²) in [7, 11) is 0. The van der Waals surface area contributed by atoms with Gasteiger partial charge in [-0.2, -0.15) is 0 Å². The van der Waals surface area contributed by atoms with Crippen LogP contribution < -0.4 is 0 Å².